The standard InChI is InChI=1S/C14H12F2O.C2H6/c1-2-10-12(15)8-11(14(17)13(10)16)9-6-4-3-5-7-9;1-2/h3-8,17H,2H2,1H3;1-2H3. The lowest BCUT2D eigenvalue weighted by atomic mass is 10.0. The minimum atomic E-state index is -0.869. The number of rotatable bonds is 2. The van der Waals surface area contributed by atoms with Crippen LogP contribution in [0.5, 0.6) is 5.75 Å². The van der Waals surface area contributed by atoms with Gasteiger partial charge in [0.25, 0.3) is 0 Å². The number of phenolic OH excluding ortho intramolecular Hbond substituents is 1. The van der Waals surface area contributed by atoms with E-state index in [1.54, 1.807) is 37.3 Å². The second kappa shape index (κ2) is 6.88. The quantitative estimate of drug-likeness (QED) is 0.815. The molecule has 0 amide bonds. The van der Waals surface area contributed by atoms with Crippen LogP contribution in [0.2, 0.25) is 0 Å². The van der Waals surface area contributed by atoms with Gasteiger partial charge >= 0.3 is 0 Å². The first-order valence-electron chi connectivity index (χ1n) is 6.40. The predicted molar refractivity (Wildman–Crippen MR) is 74.2 cm³/mol. The van der Waals surface area contributed by atoms with Crippen LogP contribution >= 0.6 is 0 Å². The topological polar surface area (TPSA) is 20.2 Å². The van der Waals surface area contributed by atoms with Crippen LogP contribution in [0.25, 0.3) is 11.1 Å². The maximum Gasteiger partial charge on any atom is 0.171 e. The largest absolute Gasteiger partial charge is 0.504 e. The molecular formula is C16H18F2O. The summed E-state index contributed by atoms with van der Waals surface area (Å²) in [4.78, 5) is 0. The SMILES string of the molecule is CC.CCc1c(F)cc(-c2ccccc2)c(O)c1F. The second-order valence-electron chi connectivity index (χ2n) is 3.77. The van der Waals surface area contributed by atoms with Gasteiger partial charge in [-0.25, -0.2) is 8.78 Å². The minimum Gasteiger partial charge on any atom is -0.504 e. The fraction of sp³-hybridized carbons (Fsp3) is 0.250. The number of phenols is 1. The summed E-state index contributed by atoms with van der Waals surface area (Å²) in [5.41, 5.74) is 0.686. The van der Waals surface area contributed by atoms with Crippen LogP contribution in [0, 0.1) is 11.6 Å². The Kier molecular flexibility index (Phi) is 5.49. The Balaban J connectivity index is 0.000000861. The lowest BCUT2D eigenvalue weighted by Gasteiger charge is -2.10. The van der Waals surface area contributed by atoms with Gasteiger partial charge in [-0.1, -0.05) is 51.1 Å². The van der Waals surface area contributed by atoms with E-state index in [4.69, 9.17) is 0 Å². The summed E-state index contributed by atoms with van der Waals surface area (Å²) in [6.07, 6.45) is 0.209. The highest BCUT2D eigenvalue weighted by molar-refractivity contribution is 5.71. The minimum absolute atomic E-state index is 0.0813. The zero-order valence-electron chi connectivity index (χ0n) is 11.4. The number of hydrogen-bond donors (Lipinski definition) is 1. The molecule has 0 radical (unpaired) electrons. The predicted octanol–water partition coefficient (Wildman–Crippen LogP) is 4.93. The maximum absolute atomic E-state index is 13.7. The van der Waals surface area contributed by atoms with Crippen molar-refractivity contribution in [1.29, 1.82) is 0 Å². The van der Waals surface area contributed by atoms with Crippen molar-refractivity contribution in [3.05, 3.63) is 53.6 Å². The Morgan fingerprint density at radius 1 is 1.05 bits per heavy atom. The molecule has 2 rings (SSSR count). The highest BCUT2D eigenvalue weighted by Crippen LogP contribution is 2.34. The molecule has 2 aromatic rings. The van der Waals surface area contributed by atoms with Crippen LogP contribution in [-0.2, 0) is 6.42 Å². The number of aromatic hydroxyl groups is 1. The first-order valence-corrected chi connectivity index (χ1v) is 6.40. The van der Waals surface area contributed by atoms with E-state index in [2.05, 4.69) is 0 Å². The van der Waals surface area contributed by atoms with Crippen molar-refractivity contribution in [2.45, 2.75) is 27.2 Å². The van der Waals surface area contributed by atoms with Crippen LogP contribution in [-0.4, -0.2) is 5.11 Å². The molecule has 0 spiro atoms. The summed E-state index contributed by atoms with van der Waals surface area (Å²) in [6.45, 7) is 5.64. The third-order valence-electron chi connectivity index (χ3n) is 2.73. The Morgan fingerprint density at radius 3 is 2.16 bits per heavy atom. The van der Waals surface area contributed by atoms with Gasteiger partial charge in [0.2, 0.25) is 0 Å². The van der Waals surface area contributed by atoms with Gasteiger partial charge in [-0.15, -0.1) is 0 Å². The molecule has 0 aliphatic carbocycles. The van der Waals surface area contributed by atoms with Gasteiger partial charge in [-0.05, 0) is 18.1 Å². The summed E-state index contributed by atoms with van der Waals surface area (Å²) in [6, 6.07) is 9.86. The molecule has 1 nitrogen and oxygen atoms in total. The molecule has 0 bridgehead atoms. The first kappa shape index (κ1) is 15.2. The summed E-state index contributed by atoms with van der Waals surface area (Å²) < 4.78 is 27.3. The van der Waals surface area contributed by atoms with Gasteiger partial charge in [-0.2, -0.15) is 0 Å². The average Bonchev–Trinajstić information content (AvgIpc) is 2.46. The second-order valence-corrected chi connectivity index (χ2v) is 3.77. The van der Waals surface area contributed by atoms with E-state index < -0.39 is 17.4 Å². The van der Waals surface area contributed by atoms with Crippen LogP contribution < -0.4 is 0 Å². The highest BCUT2D eigenvalue weighted by atomic mass is 19.1. The van der Waals surface area contributed by atoms with E-state index in [-0.39, 0.29) is 17.5 Å². The number of halogens is 2. The smallest absolute Gasteiger partial charge is 0.171 e. The van der Waals surface area contributed by atoms with Gasteiger partial charge in [0, 0.05) is 11.1 Å². The van der Waals surface area contributed by atoms with Crippen LogP contribution in [0.15, 0.2) is 36.4 Å². The van der Waals surface area contributed by atoms with Crippen molar-refractivity contribution in [2.75, 3.05) is 0 Å². The van der Waals surface area contributed by atoms with Gasteiger partial charge < -0.3 is 5.11 Å². The molecule has 0 aliphatic rings. The van der Waals surface area contributed by atoms with Crippen molar-refractivity contribution in [2.24, 2.45) is 0 Å². The Morgan fingerprint density at radius 2 is 1.63 bits per heavy atom. The molecule has 0 atom stereocenters. The lowest BCUT2D eigenvalue weighted by molar-refractivity contribution is 0.424. The molecule has 0 heterocycles. The summed E-state index contributed by atoms with van der Waals surface area (Å²) in [5, 5.41) is 9.75. The molecule has 3 heteroatoms. The van der Waals surface area contributed by atoms with E-state index in [0.29, 0.717) is 5.56 Å². The zero-order chi connectivity index (χ0) is 14.4. The fourth-order valence-electron chi connectivity index (χ4n) is 1.81. The molecular weight excluding hydrogens is 246 g/mol. The van der Waals surface area contributed by atoms with Gasteiger partial charge in [0.15, 0.2) is 11.6 Å². The highest BCUT2D eigenvalue weighted by Gasteiger charge is 2.17. The number of hydrogen-bond acceptors (Lipinski definition) is 1. The van der Waals surface area contributed by atoms with E-state index in [0.717, 1.165) is 0 Å². The third kappa shape index (κ3) is 3.11. The van der Waals surface area contributed by atoms with E-state index in [1.165, 1.54) is 6.07 Å². The molecule has 0 aliphatic heterocycles. The van der Waals surface area contributed by atoms with Crippen LogP contribution in [0.4, 0.5) is 8.78 Å². The molecule has 102 valence electrons. The molecule has 1 N–H and O–H groups in total. The van der Waals surface area contributed by atoms with Crippen molar-refractivity contribution >= 4 is 0 Å². The number of benzene rings is 2. The van der Waals surface area contributed by atoms with Gasteiger partial charge in [0.1, 0.15) is 5.82 Å². The maximum atomic E-state index is 13.7. The molecule has 2 aromatic carbocycles. The lowest BCUT2D eigenvalue weighted by Crippen LogP contribution is -1.96. The van der Waals surface area contributed by atoms with Crippen molar-refractivity contribution in [1.82, 2.24) is 0 Å². The summed E-state index contributed by atoms with van der Waals surface area (Å²) in [7, 11) is 0. The van der Waals surface area contributed by atoms with Crippen LogP contribution in [0.3, 0.4) is 0 Å². The van der Waals surface area contributed by atoms with Gasteiger partial charge in [0.05, 0.1) is 0 Å². The Labute approximate surface area is 112 Å². The third-order valence-corrected chi connectivity index (χ3v) is 2.73. The summed E-state index contributed by atoms with van der Waals surface area (Å²) >= 11 is 0. The van der Waals surface area contributed by atoms with Crippen LogP contribution in [0.1, 0.15) is 26.3 Å². The van der Waals surface area contributed by atoms with E-state index in [9.17, 15) is 13.9 Å². The fourth-order valence-corrected chi connectivity index (χ4v) is 1.81. The average molecular weight is 264 g/mol. The molecule has 19 heavy (non-hydrogen) atoms. The zero-order valence-corrected chi connectivity index (χ0v) is 11.4. The monoisotopic (exact) mass is 264 g/mol. The molecule has 0 saturated carbocycles. The summed E-state index contributed by atoms with van der Waals surface area (Å²) in [5.74, 6) is -1.98. The molecule has 0 fully saturated rings. The van der Waals surface area contributed by atoms with Gasteiger partial charge in [-0.3, -0.25) is 0 Å². The van der Waals surface area contributed by atoms with Crippen molar-refractivity contribution < 1.29 is 13.9 Å². The van der Waals surface area contributed by atoms with Crippen molar-refractivity contribution in [3.63, 3.8) is 0 Å². The molecule has 0 aromatic heterocycles. The normalized spacial score (nSPS) is 9.74. The van der Waals surface area contributed by atoms with Crippen molar-refractivity contribution in [3.8, 4) is 16.9 Å². The Bertz CT molecular complexity index is 536. The Hall–Kier alpha value is -1.90. The first-order chi connectivity index (χ1) is 9.15. The molecule has 0 unspecified atom stereocenters. The molecule has 0 saturated heterocycles. The van der Waals surface area contributed by atoms with E-state index >= 15 is 0 Å². The van der Waals surface area contributed by atoms with E-state index in [1.807, 2.05) is 13.8 Å².